The number of aryl methyl sites for hydroxylation is 1. The van der Waals surface area contributed by atoms with Crippen LogP contribution in [0.1, 0.15) is 16.7 Å². The fourth-order valence-corrected chi connectivity index (χ4v) is 2.33. The van der Waals surface area contributed by atoms with Crippen molar-refractivity contribution in [3.63, 3.8) is 0 Å². The lowest BCUT2D eigenvalue weighted by Gasteiger charge is -2.19. The highest BCUT2D eigenvalue weighted by atomic mass is 16.5. The first-order chi connectivity index (χ1) is 9.60. The Hall–Kier alpha value is -2.00. The van der Waals surface area contributed by atoms with E-state index in [2.05, 4.69) is 30.1 Å². The van der Waals surface area contributed by atoms with Crippen LogP contribution in [0.3, 0.4) is 0 Å². The van der Waals surface area contributed by atoms with Crippen LogP contribution in [0.2, 0.25) is 0 Å². The Labute approximate surface area is 121 Å². The maximum absolute atomic E-state index is 5.85. The highest BCUT2D eigenvalue weighted by molar-refractivity contribution is 5.47. The minimum Gasteiger partial charge on any atom is -0.496 e. The van der Waals surface area contributed by atoms with Crippen LogP contribution in [-0.2, 0) is 13.1 Å². The van der Waals surface area contributed by atoms with Crippen molar-refractivity contribution in [2.24, 2.45) is 0 Å². The Morgan fingerprint density at radius 2 is 1.85 bits per heavy atom. The van der Waals surface area contributed by atoms with Gasteiger partial charge in [-0.25, -0.2) is 0 Å². The highest BCUT2D eigenvalue weighted by Gasteiger charge is 2.07. The molecule has 2 N–H and O–H groups in total. The van der Waals surface area contributed by atoms with Gasteiger partial charge in [0.05, 0.1) is 7.11 Å². The van der Waals surface area contributed by atoms with Gasteiger partial charge in [0.15, 0.2) is 0 Å². The number of nitrogens with two attached hydrogens (primary N) is 1. The largest absolute Gasteiger partial charge is 0.496 e. The summed E-state index contributed by atoms with van der Waals surface area (Å²) in [5.41, 5.74) is 10.3. The number of benzene rings is 2. The summed E-state index contributed by atoms with van der Waals surface area (Å²) in [6.07, 6.45) is 0. The minimum absolute atomic E-state index is 0.848. The molecule has 0 aliphatic rings. The van der Waals surface area contributed by atoms with E-state index in [0.29, 0.717) is 0 Å². The van der Waals surface area contributed by atoms with E-state index in [1.165, 1.54) is 11.1 Å². The number of hydrogen-bond donors (Lipinski definition) is 1. The Kier molecular flexibility index (Phi) is 4.64. The van der Waals surface area contributed by atoms with Crippen LogP contribution in [0.4, 0.5) is 5.69 Å². The Morgan fingerprint density at radius 3 is 2.55 bits per heavy atom. The third-order valence-corrected chi connectivity index (χ3v) is 3.42. The van der Waals surface area contributed by atoms with E-state index in [9.17, 15) is 0 Å². The molecule has 0 aliphatic carbocycles. The van der Waals surface area contributed by atoms with Crippen LogP contribution in [0, 0.1) is 6.92 Å². The van der Waals surface area contributed by atoms with Crippen LogP contribution in [-0.4, -0.2) is 19.1 Å². The number of nitrogen functional groups attached to an aromatic ring is 1. The van der Waals surface area contributed by atoms with E-state index < -0.39 is 0 Å². The minimum atomic E-state index is 0.848. The van der Waals surface area contributed by atoms with Gasteiger partial charge in [-0.2, -0.15) is 0 Å². The smallest absolute Gasteiger partial charge is 0.123 e. The summed E-state index contributed by atoms with van der Waals surface area (Å²) in [4.78, 5) is 2.27. The third-order valence-electron chi connectivity index (χ3n) is 3.42. The number of nitrogens with zero attached hydrogens (tertiary/aromatic N) is 1. The van der Waals surface area contributed by atoms with Gasteiger partial charge in [0.1, 0.15) is 5.75 Å². The van der Waals surface area contributed by atoms with E-state index in [4.69, 9.17) is 10.5 Å². The Balaban J connectivity index is 2.05. The molecule has 0 spiro atoms. The van der Waals surface area contributed by atoms with Crippen molar-refractivity contribution < 1.29 is 4.74 Å². The molecule has 0 aromatic heterocycles. The summed E-state index contributed by atoms with van der Waals surface area (Å²) in [5.74, 6) is 0.938. The molecule has 0 aliphatic heterocycles. The van der Waals surface area contributed by atoms with Gasteiger partial charge in [-0.05, 0) is 37.2 Å². The van der Waals surface area contributed by atoms with E-state index in [1.54, 1.807) is 7.11 Å². The number of ether oxygens (including phenoxy) is 1. The van der Waals surface area contributed by atoms with Gasteiger partial charge in [-0.15, -0.1) is 0 Å². The Bertz CT molecular complexity index is 581. The Morgan fingerprint density at radius 1 is 1.10 bits per heavy atom. The molecule has 2 aromatic carbocycles. The zero-order valence-electron chi connectivity index (χ0n) is 12.4. The van der Waals surface area contributed by atoms with Gasteiger partial charge < -0.3 is 10.5 Å². The zero-order valence-corrected chi connectivity index (χ0v) is 12.4. The highest BCUT2D eigenvalue weighted by Crippen LogP contribution is 2.20. The van der Waals surface area contributed by atoms with Gasteiger partial charge in [0, 0.05) is 24.3 Å². The predicted octanol–water partition coefficient (Wildman–Crippen LogP) is 3.22. The first-order valence-corrected chi connectivity index (χ1v) is 6.75. The van der Waals surface area contributed by atoms with Crippen LogP contribution in [0.15, 0.2) is 42.5 Å². The van der Waals surface area contributed by atoms with Crippen LogP contribution in [0.25, 0.3) is 0 Å². The molecule has 20 heavy (non-hydrogen) atoms. The van der Waals surface area contributed by atoms with Crippen molar-refractivity contribution in [2.45, 2.75) is 20.0 Å². The number of para-hydroxylation sites is 1. The van der Waals surface area contributed by atoms with E-state index >= 15 is 0 Å². The molecule has 0 saturated carbocycles. The van der Waals surface area contributed by atoms with Crippen molar-refractivity contribution in [3.8, 4) is 5.75 Å². The van der Waals surface area contributed by atoms with Crippen molar-refractivity contribution in [2.75, 3.05) is 19.9 Å². The van der Waals surface area contributed by atoms with Crippen LogP contribution >= 0.6 is 0 Å². The standard InChI is InChI=1S/C17H22N2O/c1-13-10-14(8-9-16(13)18)11-19(2)12-15-6-4-5-7-17(15)20-3/h4-10H,11-12,18H2,1-3H3. The predicted molar refractivity (Wildman–Crippen MR) is 83.8 cm³/mol. The molecule has 0 atom stereocenters. The van der Waals surface area contributed by atoms with Crippen molar-refractivity contribution in [1.29, 1.82) is 0 Å². The van der Waals surface area contributed by atoms with Gasteiger partial charge in [0.2, 0.25) is 0 Å². The topological polar surface area (TPSA) is 38.5 Å². The summed E-state index contributed by atoms with van der Waals surface area (Å²) in [6.45, 7) is 3.78. The summed E-state index contributed by atoms with van der Waals surface area (Å²) in [7, 11) is 3.82. The summed E-state index contributed by atoms with van der Waals surface area (Å²) in [6, 6.07) is 14.3. The molecular formula is C17H22N2O. The second-order valence-corrected chi connectivity index (χ2v) is 5.18. The molecular weight excluding hydrogens is 248 g/mol. The average Bonchev–Trinajstić information content (AvgIpc) is 2.43. The second-order valence-electron chi connectivity index (χ2n) is 5.18. The average molecular weight is 270 g/mol. The molecule has 0 saturated heterocycles. The van der Waals surface area contributed by atoms with Crippen molar-refractivity contribution >= 4 is 5.69 Å². The molecule has 3 heteroatoms. The number of anilines is 1. The van der Waals surface area contributed by atoms with Gasteiger partial charge >= 0.3 is 0 Å². The van der Waals surface area contributed by atoms with Gasteiger partial charge in [0.25, 0.3) is 0 Å². The molecule has 0 amide bonds. The normalized spacial score (nSPS) is 10.8. The first-order valence-electron chi connectivity index (χ1n) is 6.75. The van der Waals surface area contributed by atoms with E-state index in [0.717, 1.165) is 30.1 Å². The molecule has 106 valence electrons. The third kappa shape index (κ3) is 3.52. The summed E-state index contributed by atoms with van der Waals surface area (Å²) < 4.78 is 5.39. The summed E-state index contributed by atoms with van der Waals surface area (Å²) in [5, 5.41) is 0. The molecule has 0 bridgehead atoms. The lowest BCUT2D eigenvalue weighted by Crippen LogP contribution is -2.17. The molecule has 2 rings (SSSR count). The fourth-order valence-electron chi connectivity index (χ4n) is 2.33. The number of methoxy groups -OCH3 is 1. The molecule has 0 radical (unpaired) electrons. The van der Waals surface area contributed by atoms with Gasteiger partial charge in [-0.1, -0.05) is 30.3 Å². The SMILES string of the molecule is COc1ccccc1CN(C)Cc1ccc(N)c(C)c1. The molecule has 0 heterocycles. The quantitative estimate of drug-likeness (QED) is 0.848. The molecule has 0 fully saturated rings. The monoisotopic (exact) mass is 270 g/mol. The zero-order chi connectivity index (χ0) is 14.5. The lowest BCUT2D eigenvalue weighted by atomic mass is 10.1. The fraction of sp³-hybridized carbons (Fsp3) is 0.294. The first kappa shape index (κ1) is 14.4. The maximum atomic E-state index is 5.85. The van der Waals surface area contributed by atoms with E-state index in [-0.39, 0.29) is 0 Å². The molecule has 3 nitrogen and oxygen atoms in total. The number of rotatable bonds is 5. The van der Waals surface area contributed by atoms with Crippen molar-refractivity contribution in [1.82, 2.24) is 4.90 Å². The van der Waals surface area contributed by atoms with Crippen molar-refractivity contribution in [3.05, 3.63) is 59.2 Å². The second kappa shape index (κ2) is 6.44. The summed E-state index contributed by atoms with van der Waals surface area (Å²) >= 11 is 0. The molecule has 0 unspecified atom stereocenters. The van der Waals surface area contributed by atoms with Crippen LogP contribution < -0.4 is 10.5 Å². The lowest BCUT2D eigenvalue weighted by molar-refractivity contribution is 0.310. The van der Waals surface area contributed by atoms with E-state index in [1.807, 2.05) is 31.2 Å². The number of hydrogen-bond acceptors (Lipinski definition) is 3. The van der Waals surface area contributed by atoms with Gasteiger partial charge in [-0.3, -0.25) is 4.90 Å². The maximum Gasteiger partial charge on any atom is 0.123 e. The van der Waals surface area contributed by atoms with Crippen LogP contribution in [0.5, 0.6) is 5.75 Å². The molecule has 2 aromatic rings.